The van der Waals surface area contributed by atoms with E-state index in [9.17, 15) is 13.2 Å². The lowest BCUT2D eigenvalue weighted by Crippen LogP contribution is -2.53. The quantitative estimate of drug-likeness (QED) is 0.730. The lowest BCUT2D eigenvalue weighted by molar-refractivity contribution is -0.0410. The van der Waals surface area contributed by atoms with E-state index in [1.54, 1.807) is 20.8 Å². The van der Waals surface area contributed by atoms with Crippen molar-refractivity contribution in [2.45, 2.75) is 69.8 Å². The largest absolute Gasteiger partial charge is 0.443 e. The minimum atomic E-state index is -4.10. The van der Waals surface area contributed by atoms with Crippen LogP contribution in [0.3, 0.4) is 0 Å². The van der Waals surface area contributed by atoms with Crippen LogP contribution in [0.2, 0.25) is 0 Å². The predicted octanol–water partition coefficient (Wildman–Crippen LogP) is 1.58. The van der Waals surface area contributed by atoms with Crippen molar-refractivity contribution >= 4 is 16.4 Å². The fourth-order valence-electron chi connectivity index (χ4n) is 3.38. The third-order valence-electron chi connectivity index (χ3n) is 4.26. The van der Waals surface area contributed by atoms with Crippen LogP contribution in [0.15, 0.2) is 0 Å². The molecule has 8 heteroatoms. The average Bonchev–Trinajstić information content (AvgIpc) is 2.98. The number of carbonyl (C=O) groups is 1. The molecule has 0 N–H and O–H groups in total. The number of carbonyl (C=O) groups excluding carboxylic acids is 1. The Kier molecular flexibility index (Phi) is 3.27. The van der Waals surface area contributed by atoms with Crippen LogP contribution in [0.5, 0.6) is 0 Å². The predicted molar refractivity (Wildman–Crippen MR) is 72.8 cm³/mol. The zero-order valence-electron chi connectivity index (χ0n) is 12.5. The number of rotatable bonds is 1. The molecule has 21 heavy (non-hydrogen) atoms. The monoisotopic (exact) mass is 319 g/mol. The molecule has 3 saturated heterocycles. The molecule has 7 nitrogen and oxygen atoms in total. The molecule has 3 heterocycles. The molecule has 1 atom stereocenters. The van der Waals surface area contributed by atoms with Crippen molar-refractivity contribution in [2.75, 3.05) is 6.61 Å². The molecule has 3 aliphatic rings. The van der Waals surface area contributed by atoms with E-state index in [1.165, 1.54) is 0 Å². The highest BCUT2D eigenvalue weighted by Gasteiger charge is 2.60. The number of amides is 1. The topological polar surface area (TPSA) is 82.1 Å². The van der Waals surface area contributed by atoms with Gasteiger partial charge < -0.3 is 9.47 Å². The highest BCUT2D eigenvalue weighted by atomic mass is 32.2. The van der Waals surface area contributed by atoms with Gasteiger partial charge in [0.25, 0.3) is 0 Å². The third-order valence-corrected chi connectivity index (χ3v) is 5.58. The van der Waals surface area contributed by atoms with Gasteiger partial charge in [0.15, 0.2) is 0 Å². The van der Waals surface area contributed by atoms with E-state index in [-0.39, 0.29) is 12.7 Å². The molecule has 1 amide bonds. The molecule has 3 fully saturated rings. The minimum Gasteiger partial charge on any atom is -0.443 e. The second kappa shape index (κ2) is 4.57. The zero-order chi connectivity index (χ0) is 15.5. The Morgan fingerprint density at radius 1 is 1.29 bits per heavy atom. The molecule has 0 aliphatic carbocycles. The Hall–Kier alpha value is -0.860. The van der Waals surface area contributed by atoms with Crippen LogP contribution in [0.25, 0.3) is 0 Å². The van der Waals surface area contributed by atoms with Gasteiger partial charge in [-0.05, 0) is 46.5 Å². The van der Waals surface area contributed by atoms with Crippen molar-refractivity contribution in [2.24, 2.45) is 0 Å². The van der Waals surface area contributed by atoms with Gasteiger partial charge in [0.05, 0.1) is 18.3 Å². The van der Waals surface area contributed by atoms with E-state index in [0.29, 0.717) is 0 Å². The normalized spacial score (nSPS) is 38.0. The Balaban J connectivity index is 1.88. The lowest BCUT2D eigenvalue weighted by Gasteiger charge is -2.35. The van der Waals surface area contributed by atoms with E-state index in [4.69, 9.17) is 13.7 Å². The van der Waals surface area contributed by atoms with Gasteiger partial charge in [0, 0.05) is 0 Å². The van der Waals surface area contributed by atoms with Gasteiger partial charge >= 0.3 is 16.4 Å². The smallest absolute Gasteiger partial charge is 0.426 e. The van der Waals surface area contributed by atoms with Gasteiger partial charge in [-0.15, -0.1) is 0 Å². The van der Waals surface area contributed by atoms with Crippen LogP contribution in [-0.2, 0) is 24.0 Å². The maximum absolute atomic E-state index is 12.3. The molecule has 2 bridgehead atoms. The molecule has 0 aromatic carbocycles. The van der Waals surface area contributed by atoms with E-state index in [0.717, 1.165) is 30.0 Å². The highest BCUT2D eigenvalue weighted by molar-refractivity contribution is 7.85. The Morgan fingerprint density at radius 3 is 2.38 bits per heavy atom. The van der Waals surface area contributed by atoms with Crippen LogP contribution in [0.1, 0.15) is 46.5 Å². The average molecular weight is 319 g/mol. The number of hydrogen-bond acceptors (Lipinski definition) is 6. The maximum atomic E-state index is 12.3. The Morgan fingerprint density at radius 2 is 1.90 bits per heavy atom. The van der Waals surface area contributed by atoms with Crippen molar-refractivity contribution < 1.29 is 26.9 Å². The minimum absolute atomic E-state index is 0.0612. The van der Waals surface area contributed by atoms with Gasteiger partial charge in [-0.3, -0.25) is 4.18 Å². The highest BCUT2D eigenvalue weighted by Crippen LogP contribution is 2.49. The summed E-state index contributed by atoms with van der Waals surface area (Å²) in [5.41, 5.74) is -1.38. The molecular formula is C13H21NO6S. The van der Waals surface area contributed by atoms with Gasteiger partial charge in [0.1, 0.15) is 11.6 Å². The summed E-state index contributed by atoms with van der Waals surface area (Å²) in [6, 6.07) is -0.634. The molecule has 0 radical (unpaired) electrons. The van der Waals surface area contributed by atoms with Crippen molar-refractivity contribution in [3.05, 3.63) is 0 Å². The first-order valence-electron chi connectivity index (χ1n) is 7.23. The van der Waals surface area contributed by atoms with Crippen LogP contribution >= 0.6 is 0 Å². The second-order valence-electron chi connectivity index (χ2n) is 6.92. The molecule has 0 spiro atoms. The molecule has 0 aromatic heterocycles. The molecule has 0 aromatic rings. The number of fused-ring (bicyclic) bond motifs is 2. The maximum Gasteiger partial charge on any atom is 0.426 e. The number of hydrogen-bond donors (Lipinski definition) is 0. The standard InChI is InChI=1S/C13H21NO6S/c1-12(2,3)20-11(15)14-10(8-18-21(14,16)17)13-6-4-9(19-13)5-7-13/h9-10H,4-8H2,1-3H3. The van der Waals surface area contributed by atoms with Gasteiger partial charge in [0.2, 0.25) is 0 Å². The van der Waals surface area contributed by atoms with Crippen molar-refractivity contribution in [1.29, 1.82) is 0 Å². The van der Waals surface area contributed by atoms with E-state index in [2.05, 4.69) is 0 Å². The lowest BCUT2D eigenvalue weighted by atomic mass is 9.83. The first kappa shape index (κ1) is 15.1. The van der Waals surface area contributed by atoms with Crippen LogP contribution < -0.4 is 0 Å². The Bertz CT molecular complexity index is 543. The van der Waals surface area contributed by atoms with Gasteiger partial charge in [-0.25, -0.2) is 4.79 Å². The Labute approximate surface area is 124 Å². The van der Waals surface area contributed by atoms with Crippen molar-refractivity contribution in [1.82, 2.24) is 4.31 Å². The summed E-state index contributed by atoms with van der Waals surface area (Å²) < 4.78 is 40.9. The van der Waals surface area contributed by atoms with E-state index < -0.39 is 33.6 Å². The zero-order valence-corrected chi connectivity index (χ0v) is 13.3. The first-order valence-corrected chi connectivity index (χ1v) is 8.59. The molecule has 1 unspecified atom stereocenters. The summed E-state index contributed by atoms with van der Waals surface area (Å²) in [5.74, 6) is 0. The van der Waals surface area contributed by atoms with Crippen molar-refractivity contribution in [3.8, 4) is 0 Å². The van der Waals surface area contributed by atoms with Crippen molar-refractivity contribution in [3.63, 3.8) is 0 Å². The summed E-state index contributed by atoms with van der Waals surface area (Å²) >= 11 is 0. The second-order valence-corrected chi connectivity index (χ2v) is 8.40. The fourth-order valence-corrected chi connectivity index (χ4v) is 4.58. The number of nitrogens with zero attached hydrogens (tertiary/aromatic N) is 1. The SMILES string of the molecule is CC(C)(C)OC(=O)N1C(C23CCC(CC2)O3)COS1(=O)=O. The number of ether oxygens (including phenoxy) is 2. The van der Waals surface area contributed by atoms with E-state index >= 15 is 0 Å². The van der Waals surface area contributed by atoms with Crippen LogP contribution in [0, 0.1) is 0 Å². The van der Waals surface area contributed by atoms with Gasteiger partial charge in [-0.1, -0.05) is 0 Å². The summed E-state index contributed by atoms with van der Waals surface area (Å²) in [4.78, 5) is 12.3. The summed E-state index contributed by atoms with van der Waals surface area (Å²) in [6.07, 6.45) is 2.59. The molecule has 3 rings (SSSR count). The first-order chi connectivity index (χ1) is 9.63. The molecular weight excluding hydrogens is 298 g/mol. The molecule has 120 valence electrons. The summed E-state index contributed by atoms with van der Waals surface area (Å²) in [5, 5.41) is 0. The molecule has 3 aliphatic heterocycles. The summed E-state index contributed by atoms with van der Waals surface area (Å²) in [7, 11) is -4.10. The van der Waals surface area contributed by atoms with Crippen LogP contribution in [-0.4, -0.2) is 48.8 Å². The molecule has 0 saturated carbocycles. The van der Waals surface area contributed by atoms with E-state index in [1.807, 2.05) is 0 Å². The van der Waals surface area contributed by atoms with Gasteiger partial charge in [-0.2, -0.15) is 12.7 Å². The fraction of sp³-hybridized carbons (Fsp3) is 0.923. The third kappa shape index (κ3) is 2.53. The summed E-state index contributed by atoms with van der Waals surface area (Å²) in [6.45, 7) is 5.02. The van der Waals surface area contributed by atoms with Crippen LogP contribution in [0.4, 0.5) is 4.79 Å².